The van der Waals surface area contributed by atoms with Gasteiger partial charge in [0.15, 0.2) is 0 Å². The molecule has 15 heavy (non-hydrogen) atoms. The van der Waals surface area contributed by atoms with Crippen LogP contribution in [0, 0.1) is 5.92 Å². The van der Waals surface area contributed by atoms with Crippen LogP contribution >= 0.6 is 0 Å². The average molecular weight is 209 g/mol. The maximum absolute atomic E-state index is 10.7. The minimum Gasteiger partial charge on any atom is -0.481 e. The molecule has 0 aromatic carbocycles. The second-order valence-electron chi connectivity index (χ2n) is 4.06. The Morgan fingerprint density at radius 3 is 2.67 bits per heavy atom. The van der Waals surface area contributed by atoms with E-state index in [1.54, 1.807) is 17.2 Å². The molecule has 0 spiro atoms. The van der Waals surface area contributed by atoms with E-state index in [2.05, 4.69) is 10.2 Å². The van der Waals surface area contributed by atoms with Gasteiger partial charge in [-0.3, -0.25) is 4.79 Å². The van der Waals surface area contributed by atoms with Gasteiger partial charge in [-0.25, -0.2) is 0 Å². The molecule has 1 N–H and O–H groups in total. The van der Waals surface area contributed by atoms with Gasteiger partial charge in [0.1, 0.15) is 0 Å². The number of rotatable bonds is 3. The van der Waals surface area contributed by atoms with Gasteiger partial charge in [-0.1, -0.05) is 12.8 Å². The van der Waals surface area contributed by atoms with Gasteiger partial charge < -0.3 is 5.11 Å². The van der Waals surface area contributed by atoms with Crippen molar-refractivity contribution < 1.29 is 9.90 Å². The van der Waals surface area contributed by atoms with Crippen molar-refractivity contribution in [2.45, 2.75) is 38.1 Å². The average Bonchev–Trinajstić information content (AvgIpc) is 2.70. The molecule has 1 heterocycles. The predicted octanol–water partition coefficient (Wildman–Crippen LogP) is 1.48. The fraction of sp³-hybridized carbons (Fsp3) is 0.700. The zero-order chi connectivity index (χ0) is 10.7. The Labute approximate surface area is 88.1 Å². The number of carboxylic acid groups (broad SMARTS) is 1. The third-order valence-corrected chi connectivity index (χ3v) is 3.04. The Balaban J connectivity index is 2.09. The topological polar surface area (TPSA) is 68.0 Å². The number of aliphatic carboxylic acids is 1. The van der Waals surface area contributed by atoms with Crippen LogP contribution in [-0.2, 0) is 4.79 Å². The maximum atomic E-state index is 10.7. The van der Waals surface area contributed by atoms with Gasteiger partial charge in [0, 0.05) is 0 Å². The highest BCUT2D eigenvalue weighted by atomic mass is 16.4. The second-order valence-corrected chi connectivity index (χ2v) is 4.06. The SMILES string of the molecule is O=C(O)CC1CCCCC1n1nccn1. The van der Waals surface area contributed by atoms with Crippen molar-refractivity contribution in [3.8, 4) is 0 Å². The molecule has 82 valence electrons. The van der Waals surface area contributed by atoms with Crippen LogP contribution in [0.5, 0.6) is 0 Å². The molecule has 1 aliphatic carbocycles. The highest BCUT2D eigenvalue weighted by Crippen LogP contribution is 2.34. The van der Waals surface area contributed by atoms with Crippen molar-refractivity contribution >= 4 is 5.97 Å². The van der Waals surface area contributed by atoms with E-state index >= 15 is 0 Å². The van der Waals surface area contributed by atoms with Crippen LogP contribution in [0.3, 0.4) is 0 Å². The van der Waals surface area contributed by atoms with Gasteiger partial charge >= 0.3 is 5.97 Å². The minimum absolute atomic E-state index is 0.171. The molecule has 5 heteroatoms. The Morgan fingerprint density at radius 1 is 1.33 bits per heavy atom. The van der Waals surface area contributed by atoms with Crippen LogP contribution in [-0.4, -0.2) is 26.1 Å². The van der Waals surface area contributed by atoms with Crippen LogP contribution in [0.25, 0.3) is 0 Å². The smallest absolute Gasteiger partial charge is 0.303 e. The molecule has 2 unspecified atom stereocenters. The van der Waals surface area contributed by atoms with Crippen molar-refractivity contribution in [3.05, 3.63) is 12.4 Å². The second kappa shape index (κ2) is 4.42. The Hall–Kier alpha value is -1.39. The summed E-state index contributed by atoms with van der Waals surface area (Å²) in [5.74, 6) is -0.539. The van der Waals surface area contributed by atoms with E-state index in [1.807, 2.05) is 0 Å². The Morgan fingerprint density at radius 2 is 2.00 bits per heavy atom. The first kappa shape index (κ1) is 10.1. The number of nitrogens with zero attached hydrogens (tertiary/aromatic N) is 3. The van der Waals surface area contributed by atoms with Gasteiger partial charge in [-0.2, -0.15) is 15.0 Å². The van der Waals surface area contributed by atoms with E-state index in [4.69, 9.17) is 5.11 Å². The van der Waals surface area contributed by atoms with E-state index in [-0.39, 0.29) is 18.4 Å². The molecule has 1 aliphatic rings. The standard InChI is InChI=1S/C10H15N3O2/c14-10(15)7-8-3-1-2-4-9(8)13-11-5-6-12-13/h5-6,8-9H,1-4,7H2,(H,14,15). The number of hydrogen-bond donors (Lipinski definition) is 1. The molecule has 1 fully saturated rings. The summed E-state index contributed by atoms with van der Waals surface area (Å²) in [6.45, 7) is 0. The number of hydrogen-bond acceptors (Lipinski definition) is 3. The van der Waals surface area contributed by atoms with Crippen LogP contribution in [0.15, 0.2) is 12.4 Å². The minimum atomic E-state index is -0.723. The van der Waals surface area contributed by atoms with Crippen molar-refractivity contribution in [2.24, 2.45) is 5.92 Å². The number of carboxylic acids is 1. The quantitative estimate of drug-likeness (QED) is 0.818. The molecule has 0 amide bonds. The molecule has 0 radical (unpaired) electrons. The zero-order valence-electron chi connectivity index (χ0n) is 8.54. The normalized spacial score (nSPS) is 26.4. The lowest BCUT2D eigenvalue weighted by Gasteiger charge is -2.29. The van der Waals surface area contributed by atoms with Crippen molar-refractivity contribution in [1.29, 1.82) is 0 Å². The van der Waals surface area contributed by atoms with Gasteiger partial charge in [-0.15, -0.1) is 0 Å². The molecule has 5 nitrogen and oxygen atoms in total. The first-order chi connectivity index (χ1) is 7.27. The molecule has 1 aromatic heterocycles. The van der Waals surface area contributed by atoms with E-state index in [1.165, 1.54) is 0 Å². The van der Waals surface area contributed by atoms with Crippen LogP contribution in [0.2, 0.25) is 0 Å². The number of carbonyl (C=O) groups is 1. The molecule has 1 saturated carbocycles. The highest BCUT2D eigenvalue weighted by Gasteiger charge is 2.29. The molecule has 2 rings (SSSR count). The third kappa shape index (κ3) is 2.34. The summed E-state index contributed by atoms with van der Waals surface area (Å²) in [6.07, 6.45) is 7.74. The zero-order valence-corrected chi connectivity index (χ0v) is 8.54. The fourth-order valence-corrected chi connectivity index (χ4v) is 2.35. The first-order valence-electron chi connectivity index (χ1n) is 5.35. The highest BCUT2D eigenvalue weighted by molar-refractivity contribution is 5.67. The predicted molar refractivity (Wildman–Crippen MR) is 53.3 cm³/mol. The van der Waals surface area contributed by atoms with E-state index in [9.17, 15) is 4.79 Å². The van der Waals surface area contributed by atoms with E-state index in [0.29, 0.717) is 0 Å². The van der Waals surface area contributed by atoms with E-state index < -0.39 is 5.97 Å². The maximum Gasteiger partial charge on any atom is 0.303 e. The largest absolute Gasteiger partial charge is 0.481 e. The summed E-state index contributed by atoms with van der Waals surface area (Å²) in [5.41, 5.74) is 0. The molecule has 0 saturated heterocycles. The molecular weight excluding hydrogens is 194 g/mol. The van der Waals surface area contributed by atoms with Crippen molar-refractivity contribution in [3.63, 3.8) is 0 Å². The van der Waals surface area contributed by atoms with Gasteiger partial charge in [0.25, 0.3) is 0 Å². The lowest BCUT2D eigenvalue weighted by atomic mass is 9.83. The molecular formula is C10H15N3O2. The van der Waals surface area contributed by atoms with Crippen molar-refractivity contribution in [2.75, 3.05) is 0 Å². The summed E-state index contributed by atoms with van der Waals surface area (Å²) < 4.78 is 0. The van der Waals surface area contributed by atoms with Gasteiger partial charge in [0.05, 0.1) is 24.9 Å². The molecule has 0 bridgehead atoms. The van der Waals surface area contributed by atoms with Crippen LogP contribution in [0.4, 0.5) is 0 Å². The van der Waals surface area contributed by atoms with Crippen LogP contribution < -0.4 is 0 Å². The third-order valence-electron chi connectivity index (χ3n) is 3.04. The lowest BCUT2D eigenvalue weighted by Crippen LogP contribution is -2.26. The van der Waals surface area contributed by atoms with Crippen LogP contribution in [0.1, 0.15) is 38.1 Å². The summed E-state index contributed by atoms with van der Waals surface area (Å²) in [4.78, 5) is 12.4. The first-order valence-corrected chi connectivity index (χ1v) is 5.35. The monoisotopic (exact) mass is 209 g/mol. The molecule has 0 aliphatic heterocycles. The molecule has 2 atom stereocenters. The summed E-state index contributed by atoms with van der Waals surface area (Å²) >= 11 is 0. The summed E-state index contributed by atoms with van der Waals surface area (Å²) in [6, 6.07) is 0.171. The van der Waals surface area contributed by atoms with E-state index in [0.717, 1.165) is 25.7 Å². The number of aromatic nitrogens is 3. The summed E-state index contributed by atoms with van der Waals surface area (Å²) in [7, 11) is 0. The molecule has 1 aromatic rings. The van der Waals surface area contributed by atoms with Gasteiger partial charge in [-0.05, 0) is 18.8 Å². The Kier molecular flexibility index (Phi) is 2.99. The lowest BCUT2D eigenvalue weighted by molar-refractivity contribution is -0.138. The Bertz CT molecular complexity index is 323. The van der Waals surface area contributed by atoms with Gasteiger partial charge in [0.2, 0.25) is 0 Å². The van der Waals surface area contributed by atoms with Crippen molar-refractivity contribution in [1.82, 2.24) is 15.0 Å². The fourth-order valence-electron chi connectivity index (χ4n) is 2.35. The summed E-state index contributed by atoms with van der Waals surface area (Å²) in [5, 5.41) is 17.1.